The fourth-order valence-corrected chi connectivity index (χ4v) is 4.59. The van der Waals surface area contributed by atoms with Crippen LogP contribution in [0, 0.1) is 0 Å². The van der Waals surface area contributed by atoms with Crippen LogP contribution in [0.15, 0.2) is 60.7 Å². The molecular weight excluding hydrogens is 410 g/mol. The molecule has 2 aromatic carbocycles. The SMILES string of the molecule is CC(=O)N1Cc2ccc(-c3cccc(OCCN4CCCC4)n3)cc2/C=C\c2ccccc21. The monoisotopic (exact) mass is 439 g/mol. The maximum absolute atomic E-state index is 12.4. The number of benzene rings is 2. The number of anilines is 1. The van der Waals surface area contributed by atoms with Gasteiger partial charge >= 0.3 is 0 Å². The van der Waals surface area contributed by atoms with Gasteiger partial charge in [0.15, 0.2) is 0 Å². The van der Waals surface area contributed by atoms with Gasteiger partial charge in [-0.25, -0.2) is 4.98 Å². The highest BCUT2D eigenvalue weighted by molar-refractivity contribution is 5.95. The van der Waals surface area contributed by atoms with Crippen LogP contribution in [0.5, 0.6) is 5.88 Å². The number of pyridine rings is 1. The highest BCUT2D eigenvalue weighted by Crippen LogP contribution is 2.31. The number of amides is 1. The van der Waals surface area contributed by atoms with Gasteiger partial charge in [-0.05, 0) is 60.8 Å². The van der Waals surface area contributed by atoms with Crippen LogP contribution in [0.1, 0.15) is 36.5 Å². The van der Waals surface area contributed by atoms with Crippen LogP contribution in [0.3, 0.4) is 0 Å². The van der Waals surface area contributed by atoms with Crippen molar-refractivity contribution in [3.8, 4) is 17.1 Å². The Morgan fingerprint density at radius 2 is 1.79 bits per heavy atom. The van der Waals surface area contributed by atoms with Crippen LogP contribution in [0.25, 0.3) is 23.4 Å². The molecule has 1 amide bonds. The van der Waals surface area contributed by atoms with Crippen molar-refractivity contribution in [2.75, 3.05) is 31.1 Å². The molecule has 0 atom stereocenters. The third-order valence-electron chi connectivity index (χ3n) is 6.40. The number of carbonyl (C=O) groups excluding carboxylic acids is 1. The summed E-state index contributed by atoms with van der Waals surface area (Å²) in [6.07, 6.45) is 6.79. The molecule has 1 aromatic heterocycles. The van der Waals surface area contributed by atoms with Crippen LogP contribution in [-0.2, 0) is 11.3 Å². The van der Waals surface area contributed by atoms with Crippen LogP contribution in [-0.4, -0.2) is 42.0 Å². The topological polar surface area (TPSA) is 45.7 Å². The van der Waals surface area contributed by atoms with Gasteiger partial charge in [-0.15, -0.1) is 0 Å². The Bertz CT molecular complexity index is 1180. The Morgan fingerprint density at radius 1 is 0.970 bits per heavy atom. The molecule has 2 aliphatic rings. The van der Waals surface area contributed by atoms with Crippen molar-refractivity contribution < 1.29 is 9.53 Å². The van der Waals surface area contributed by atoms with E-state index in [1.807, 2.05) is 47.4 Å². The smallest absolute Gasteiger partial charge is 0.224 e. The number of para-hydroxylation sites is 1. The first-order chi connectivity index (χ1) is 16.2. The minimum Gasteiger partial charge on any atom is -0.476 e. The fourth-order valence-electron chi connectivity index (χ4n) is 4.59. The molecular formula is C28H29N3O2. The van der Waals surface area contributed by atoms with Crippen LogP contribution in [0.4, 0.5) is 5.69 Å². The van der Waals surface area contributed by atoms with Gasteiger partial charge in [0.2, 0.25) is 11.8 Å². The molecule has 1 fully saturated rings. The van der Waals surface area contributed by atoms with Crippen LogP contribution in [0.2, 0.25) is 0 Å². The minimum absolute atomic E-state index is 0.0354. The summed E-state index contributed by atoms with van der Waals surface area (Å²) in [5, 5.41) is 0. The quantitative estimate of drug-likeness (QED) is 0.544. The van der Waals surface area contributed by atoms with E-state index in [1.165, 1.54) is 25.9 Å². The maximum atomic E-state index is 12.4. The van der Waals surface area contributed by atoms with Crippen molar-refractivity contribution in [3.63, 3.8) is 0 Å². The van der Waals surface area contributed by atoms with E-state index in [2.05, 4.69) is 35.3 Å². The molecule has 0 unspecified atom stereocenters. The van der Waals surface area contributed by atoms with Crippen molar-refractivity contribution in [3.05, 3.63) is 77.4 Å². The van der Waals surface area contributed by atoms with E-state index in [9.17, 15) is 4.79 Å². The normalized spacial score (nSPS) is 16.5. The van der Waals surface area contributed by atoms with Gasteiger partial charge in [0.1, 0.15) is 6.61 Å². The van der Waals surface area contributed by atoms with E-state index in [1.54, 1.807) is 6.92 Å². The molecule has 5 heteroatoms. The van der Waals surface area contributed by atoms with Crippen LogP contribution >= 0.6 is 0 Å². The summed E-state index contributed by atoms with van der Waals surface area (Å²) >= 11 is 0. The number of rotatable bonds is 5. The maximum Gasteiger partial charge on any atom is 0.224 e. The lowest BCUT2D eigenvalue weighted by atomic mass is 9.97. The van der Waals surface area contributed by atoms with Crippen molar-refractivity contribution in [1.82, 2.24) is 9.88 Å². The Kier molecular flexibility index (Phi) is 6.22. The number of ether oxygens (including phenoxy) is 1. The zero-order chi connectivity index (χ0) is 22.6. The molecule has 0 radical (unpaired) electrons. The molecule has 168 valence electrons. The Labute approximate surface area is 195 Å². The standard InChI is InChI=1S/C28H29N3O2/c1-21(32)31-20-25-14-13-24(19-23(25)12-11-22-7-2-3-9-27(22)31)26-8-6-10-28(29-26)33-18-17-30-15-4-5-16-30/h2-3,6-14,19H,4-5,15-18,20H2,1H3/b12-11-. The van der Waals surface area contributed by atoms with Gasteiger partial charge in [0, 0.05) is 25.1 Å². The van der Waals surface area contributed by atoms with Gasteiger partial charge in [-0.2, -0.15) is 0 Å². The molecule has 33 heavy (non-hydrogen) atoms. The Balaban J connectivity index is 1.39. The average Bonchev–Trinajstić information content (AvgIpc) is 3.34. The Hall–Kier alpha value is -3.44. The van der Waals surface area contributed by atoms with Gasteiger partial charge < -0.3 is 9.64 Å². The largest absolute Gasteiger partial charge is 0.476 e. The molecule has 3 aromatic rings. The second kappa shape index (κ2) is 9.59. The van der Waals surface area contributed by atoms with Crippen LogP contribution < -0.4 is 9.64 Å². The van der Waals surface area contributed by atoms with E-state index in [4.69, 9.17) is 9.72 Å². The first kappa shape index (κ1) is 21.4. The summed E-state index contributed by atoms with van der Waals surface area (Å²) in [4.78, 5) is 21.4. The molecule has 0 saturated carbocycles. The van der Waals surface area contributed by atoms with Crippen molar-refractivity contribution in [2.45, 2.75) is 26.3 Å². The van der Waals surface area contributed by atoms with Gasteiger partial charge in [-0.1, -0.05) is 48.6 Å². The molecule has 5 rings (SSSR count). The second-order valence-corrected chi connectivity index (χ2v) is 8.67. The zero-order valence-corrected chi connectivity index (χ0v) is 19.0. The predicted molar refractivity (Wildman–Crippen MR) is 133 cm³/mol. The highest BCUT2D eigenvalue weighted by Gasteiger charge is 2.18. The number of aromatic nitrogens is 1. The van der Waals surface area contributed by atoms with E-state index >= 15 is 0 Å². The number of carbonyl (C=O) groups is 1. The number of hydrogen-bond acceptors (Lipinski definition) is 4. The molecule has 1 saturated heterocycles. The summed E-state index contributed by atoms with van der Waals surface area (Å²) < 4.78 is 5.95. The Morgan fingerprint density at radius 3 is 2.64 bits per heavy atom. The lowest BCUT2D eigenvalue weighted by Gasteiger charge is -2.26. The number of fused-ring (bicyclic) bond motifs is 2. The summed E-state index contributed by atoms with van der Waals surface area (Å²) in [5.41, 5.74) is 6.10. The minimum atomic E-state index is 0.0354. The van der Waals surface area contributed by atoms with E-state index in [0.717, 1.165) is 40.2 Å². The molecule has 2 aliphatic heterocycles. The third-order valence-corrected chi connectivity index (χ3v) is 6.40. The number of likely N-dealkylation sites (tertiary alicyclic amines) is 1. The van der Waals surface area contributed by atoms with E-state index < -0.39 is 0 Å². The summed E-state index contributed by atoms with van der Waals surface area (Å²) in [6, 6.07) is 20.3. The third kappa shape index (κ3) is 4.83. The van der Waals surface area contributed by atoms with E-state index in [0.29, 0.717) is 19.0 Å². The van der Waals surface area contributed by atoms with Gasteiger partial charge in [0.25, 0.3) is 0 Å². The average molecular weight is 440 g/mol. The predicted octanol–water partition coefficient (Wildman–Crippen LogP) is 5.26. The second-order valence-electron chi connectivity index (χ2n) is 8.67. The zero-order valence-electron chi connectivity index (χ0n) is 19.0. The molecule has 5 nitrogen and oxygen atoms in total. The lowest BCUT2D eigenvalue weighted by molar-refractivity contribution is -0.116. The fraction of sp³-hybridized carbons (Fsp3) is 0.286. The first-order valence-electron chi connectivity index (χ1n) is 11.7. The molecule has 0 spiro atoms. The summed E-state index contributed by atoms with van der Waals surface area (Å²) in [7, 11) is 0. The number of hydrogen-bond donors (Lipinski definition) is 0. The summed E-state index contributed by atoms with van der Waals surface area (Å²) in [5.74, 6) is 0.693. The molecule has 0 aliphatic carbocycles. The summed E-state index contributed by atoms with van der Waals surface area (Å²) in [6.45, 7) is 6.11. The van der Waals surface area contributed by atoms with Crippen molar-refractivity contribution in [1.29, 1.82) is 0 Å². The number of nitrogens with zero attached hydrogens (tertiary/aromatic N) is 3. The van der Waals surface area contributed by atoms with Gasteiger partial charge in [0.05, 0.1) is 17.9 Å². The lowest BCUT2D eigenvalue weighted by Crippen LogP contribution is -2.29. The van der Waals surface area contributed by atoms with E-state index in [-0.39, 0.29) is 5.91 Å². The van der Waals surface area contributed by atoms with Crippen molar-refractivity contribution in [2.24, 2.45) is 0 Å². The molecule has 0 N–H and O–H groups in total. The molecule has 0 bridgehead atoms. The highest BCUT2D eigenvalue weighted by atomic mass is 16.5. The molecule has 3 heterocycles. The first-order valence-corrected chi connectivity index (χ1v) is 11.7. The van der Waals surface area contributed by atoms with Crippen molar-refractivity contribution >= 4 is 23.7 Å². The van der Waals surface area contributed by atoms with Gasteiger partial charge in [-0.3, -0.25) is 9.69 Å².